The summed E-state index contributed by atoms with van der Waals surface area (Å²) in [6.45, 7) is 5.77. The zero-order valence-electron chi connectivity index (χ0n) is 18.1. The molecule has 1 aliphatic rings. The monoisotopic (exact) mass is 416 g/mol. The fourth-order valence-electron chi connectivity index (χ4n) is 3.95. The largest absolute Gasteiger partial charge is 0.493 e. The van der Waals surface area contributed by atoms with Crippen LogP contribution in [0.15, 0.2) is 70.2 Å². The quantitative estimate of drug-likeness (QED) is 0.577. The molecule has 2 aromatic carbocycles. The number of Topliss-reactive ketones (excluding diaryl/α,β-unsaturated/α-hetero) is 1. The van der Waals surface area contributed by atoms with Crippen LogP contribution in [0.4, 0.5) is 0 Å². The first-order chi connectivity index (χ1) is 15.1. The number of carbonyl (C=O) groups is 1. The number of hydrogen-bond acceptors (Lipinski definition) is 5. The summed E-state index contributed by atoms with van der Waals surface area (Å²) in [6.07, 6.45) is 2.25. The predicted molar refractivity (Wildman–Crippen MR) is 121 cm³/mol. The van der Waals surface area contributed by atoms with Crippen LogP contribution in [0.2, 0.25) is 0 Å². The van der Waals surface area contributed by atoms with Crippen LogP contribution in [0.1, 0.15) is 30.4 Å². The van der Waals surface area contributed by atoms with Crippen LogP contribution < -0.4 is 10.1 Å². The number of nitrogens with zero attached hydrogens (tertiary/aromatic N) is 1. The van der Waals surface area contributed by atoms with Gasteiger partial charge in [-0.2, -0.15) is 0 Å². The average molecular weight is 417 g/mol. The third kappa shape index (κ3) is 5.30. The third-order valence-corrected chi connectivity index (χ3v) is 5.58. The summed E-state index contributed by atoms with van der Waals surface area (Å²) in [7, 11) is 0. The number of carbonyl (C=O) groups excluding carboxylic acids is 1. The fourth-order valence-corrected chi connectivity index (χ4v) is 3.95. The van der Waals surface area contributed by atoms with Crippen molar-refractivity contribution in [2.45, 2.75) is 33.1 Å². The van der Waals surface area contributed by atoms with E-state index in [-0.39, 0.29) is 5.78 Å². The van der Waals surface area contributed by atoms with Crippen molar-refractivity contribution in [3.8, 4) is 17.2 Å². The van der Waals surface area contributed by atoms with E-state index in [9.17, 15) is 4.79 Å². The molecule has 1 N–H and O–H groups in total. The van der Waals surface area contributed by atoms with E-state index in [4.69, 9.17) is 9.15 Å². The van der Waals surface area contributed by atoms with Gasteiger partial charge in [0.15, 0.2) is 5.78 Å². The highest BCUT2D eigenvalue weighted by Gasteiger charge is 2.16. The fraction of sp³-hybridized carbons (Fsp3) is 0.308. The second kappa shape index (κ2) is 9.75. The summed E-state index contributed by atoms with van der Waals surface area (Å²) < 4.78 is 11.8. The van der Waals surface area contributed by atoms with Crippen LogP contribution in [-0.2, 0) is 17.6 Å². The highest BCUT2D eigenvalue weighted by Crippen LogP contribution is 2.23. The summed E-state index contributed by atoms with van der Waals surface area (Å²) >= 11 is 0. The van der Waals surface area contributed by atoms with E-state index in [2.05, 4.69) is 22.4 Å². The summed E-state index contributed by atoms with van der Waals surface area (Å²) in [5.74, 6) is 2.48. The maximum absolute atomic E-state index is 11.9. The molecule has 0 aliphatic carbocycles. The molecule has 0 saturated carbocycles. The second-order valence-corrected chi connectivity index (χ2v) is 7.88. The number of hydrogen-bond donors (Lipinski definition) is 1. The van der Waals surface area contributed by atoms with Gasteiger partial charge in [0.05, 0.1) is 12.3 Å². The van der Waals surface area contributed by atoms with E-state index in [0.29, 0.717) is 18.9 Å². The number of ether oxygens (including phenoxy) is 1. The molecule has 3 aromatic rings. The Morgan fingerprint density at radius 3 is 2.81 bits per heavy atom. The zero-order chi connectivity index (χ0) is 21.6. The minimum absolute atomic E-state index is 0.182. The lowest BCUT2D eigenvalue weighted by molar-refractivity contribution is -0.113. The lowest BCUT2D eigenvalue weighted by atomic mass is 9.93. The number of rotatable bonds is 8. The van der Waals surface area contributed by atoms with Gasteiger partial charge in [0.25, 0.3) is 0 Å². The Kier molecular flexibility index (Phi) is 6.63. The minimum atomic E-state index is 0.182. The SMILES string of the molecule is CC(=O)C1=C(Cc2cccc(OCCc3nc(-c4ccccc4)oc3C)c2)CNCC1. The molecule has 1 aliphatic heterocycles. The summed E-state index contributed by atoms with van der Waals surface area (Å²) in [5.41, 5.74) is 5.20. The van der Waals surface area contributed by atoms with E-state index < -0.39 is 0 Å². The zero-order valence-corrected chi connectivity index (χ0v) is 18.1. The minimum Gasteiger partial charge on any atom is -0.493 e. The van der Waals surface area contributed by atoms with Gasteiger partial charge >= 0.3 is 0 Å². The molecule has 5 heteroatoms. The highest BCUT2D eigenvalue weighted by atomic mass is 16.5. The first-order valence-electron chi connectivity index (χ1n) is 10.8. The van der Waals surface area contributed by atoms with Gasteiger partial charge in [0.1, 0.15) is 11.5 Å². The molecular formula is C26H28N2O3. The number of aryl methyl sites for hydroxylation is 1. The van der Waals surface area contributed by atoms with Crippen molar-refractivity contribution in [1.82, 2.24) is 10.3 Å². The van der Waals surface area contributed by atoms with Gasteiger partial charge in [-0.15, -0.1) is 0 Å². The van der Waals surface area contributed by atoms with Gasteiger partial charge in [-0.05, 0) is 74.2 Å². The molecule has 1 aromatic heterocycles. The molecule has 5 nitrogen and oxygen atoms in total. The van der Waals surface area contributed by atoms with Gasteiger partial charge in [0, 0.05) is 18.5 Å². The van der Waals surface area contributed by atoms with Crippen LogP contribution in [-0.4, -0.2) is 30.5 Å². The smallest absolute Gasteiger partial charge is 0.226 e. The van der Waals surface area contributed by atoms with E-state index in [1.165, 1.54) is 5.57 Å². The van der Waals surface area contributed by atoms with Crippen LogP contribution in [0.25, 0.3) is 11.5 Å². The van der Waals surface area contributed by atoms with Gasteiger partial charge in [-0.25, -0.2) is 4.98 Å². The van der Waals surface area contributed by atoms with Crippen LogP contribution in [0.3, 0.4) is 0 Å². The van der Waals surface area contributed by atoms with Gasteiger partial charge in [0.2, 0.25) is 5.89 Å². The molecule has 160 valence electrons. The summed E-state index contributed by atoms with van der Waals surface area (Å²) in [5, 5.41) is 3.37. The molecule has 0 saturated heterocycles. The molecule has 0 bridgehead atoms. The molecule has 0 atom stereocenters. The van der Waals surface area contributed by atoms with Crippen LogP contribution in [0, 0.1) is 6.92 Å². The number of benzene rings is 2. The topological polar surface area (TPSA) is 64.4 Å². The third-order valence-electron chi connectivity index (χ3n) is 5.58. The van der Waals surface area contributed by atoms with Crippen LogP contribution in [0.5, 0.6) is 5.75 Å². The van der Waals surface area contributed by atoms with Crippen molar-refractivity contribution in [2.24, 2.45) is 0 Å². The lowest BCUT2D eigenvalue weighted by Crippen LogP contribution is -2.28. The van der Waals surface area contributed by atoms with Gasteiger partial charge in [-0.3, -0.25) is 4.79 Å². The normalized spacial score (nSPS) is 14.0. The molecule has 0 amide bonds. The second-order valence-electron chi connectivity index (χ2n) is 7.88. The predicted octanol–water partition coefficient (Wildman–Crippen LogP) is 4.69. The van der Waals surface area contributed by atoms with Crippen molar-refractivity contribution in [1.29, 1.82) is 0 Å². The molecule has 31 heavy (non-hydrogen) atoms. The van der Waals surface area contributed by atoms with Gasteiger partial charge < -0.3 is 14.5 Å². The Hall–Kier alpha value is -3.18. The first kappa shape index (κ1) is 21.1. The Balaban J connectivity index is 1.38. The average Bonchev–Trinajstić information content (AvgIpc) is 3.15. The van der Waals surface area contributed by atoms with E-state index in [1.54, 1.807) is 6.92 Å². The van der Waals surface area contributed by atoms with Crippen molar-refractivity contribution < 1.29 is 13.9 Å². The number of oxazole rings is 1. The van der Waals surface area contributed by atoms with Crippen molar-refractivity contribution >= 4 is 5.78 Å². The summed E-state index contributed by atoms with van der Waals surface area (Å²) in [6, 6.07) is 18.0. The Morgan fingerprint density at radius 1 is 1.16 bits per heavy atom. The number of aromatic nitrogens is 1. The Morgan fingerprint density at radius 2 is 2.00 bits per heavy atom. The summed E-state index contributed by atoms with van der Waals surface area (Å²) in [4.78, 5) is 16.6. The maximum atomic E-state index is 11.9. The van der Waals surface area contributed by atoms with Gasteiger partial charge in [-0.1, -0.05) is 30.3 Å². The van der Waals surface area contributed by atoms with E-state index in [0.717, 1.165) is 59.8 Å². The molecule has 0 fully saturated rings. The first-order valence-corrected chi connectivity index (χ1v) is 10.8. The molecule has 4 rings (SSSR count). The molecule has 0 spiro atoms. The Bertz CT molecular complexity index is 1080. The number of ketones is 1. The standard InChI is InChI=1S/C26H28N2O3/c1-18(29)24-11-13-27-17-22(24)15-20-7-6-10-23(16-20)30-14-12-25-19(2)31-26(28-25)21-8-4-3-5-9-21/h3-10,16,27H,11-15,17H2,1-2H3. The maximum Gasteiger partial charge on any atom is 0.226 e. The van der Waals surface area contributed by atoms with Crippen molar-refractivity contribution in [2.75, 3.05) is 19.7 Å². The Labute approximate surface area is 183 Å². The lowest BCUT2D eigenvalue weighted by Gasteiger charge is -2.20. The van der Waals surface area contributed by atoms with E-state index in [1.807, 2.05) is 49.4 Å². The molecule has 0 radical (unpaired) electrons. The van der Waals surface area contributed by atoms with Crippen LogP contribution >= 0.6 is 0 Å². The van der Waals surface area contributed by atoms with Crippen molar-refractivity contribution in [3.05, 3.63) is 82.8 Å². The molecule has 0 unspecified atom stereocenters. The molecule has 2 heterocycles. The number of nitrogens with one attached hydrogen (secondary N) is 1. The van der Waals surface area contributed by atoms with E-state index >= 15 is 0 Å². The van der Waals surface area contributed by atoms with Crippen molar-refractivity contribution in [3.63, 3.8) is 0 Å². The highest BCUT2D eigenvalue weighted by molar-refractivity contribution is 5.94. The molecular weight excluding hydrogens is 388 g/mol.